The highest BCUT2D eigenvalue weighted by molar-refractivity contribution is 5.80. The summed E-state index contributed by atoms with van der Waals surface area (Å²) in [5.41, 5.74) is 5.98. The van der Waals surface area contributed by atoms with Gasteiger partial charge in [-0.2, -0.15) is 0 Å². The molecule has 0 bridgehead atoms. The quantitative estimate of drug-likeness (QED) is 0.812. The molecule has 0 fully saturated rings. The second kappa shape index (κ2) is 6.50. The summed E-state index contributed by atoms with van der Waals surface area (Å²) in [6.45, 7) is 5.78. The van der Waals surface area contributed by atoms with Crippen molar-refractivity contribution in [3.63, 3.8) is 0 Å². The van der Waals surface area contributed by atoms with Gasteiger partial charge in [-0.15, -0.1) is 0 Å². The van der Waals surface area contributed by atoms with E-state index >= 15 is 0 Å². The Morgan fingerprint density at radius 3 is 2.44 bits per heavy atom. The molecule has 0 aromatic heterocycles. The minimum atomic E-state index is -0.383. The van der Waals surface area contributed by atoms with Crippen LogP contribution in [0.2, 0.25) is 0 Å². The predicted octanol–water partition coefficient (Wildman–Crippen LogP) is 1.86. The first-order valence-corrected chi connectivity index (χ1v) is 6.20. The maximum absolute atomic E-state index is 13.5. The van der Waals surface area contributed by atoms with Crippen molar-refractivity contribution in [1.29, 1.82) is 0 Å². The van der Waals surface area contributed by atoms with Crippen LogP contribution in [0, 0.1) is 11.7 Å². The number of hydrogen-bond acceptors (Lipinski definition) is 2. The van der Waals surface area contributed by atoms with Crippen LogP contribution in [-0.2, 0) is 11.2 Å². The second-order valence-corrected chi connectivity index (χ2v) is 4.99. The number of carbonyl (C=O) groups excluding carboxylic acids is 1. The number of nitrogens with two attached hydrogens (primary N) is 1. The first kappa shape index (κ1) is 14.6. The lowest BCUT2D eigenvalue weighted by molar-refractivity contribution is -0.121. The summed E-state index contributed by atoms with van der Waals surface area (Å²) in [7, 11) is 0. The lowest BCUT2D eigenvalue weighted by atomic mass is 10.0. The number of nitrogens with one attached hydrogen (secondary N) is 1. The third-order valence-corrected chi connectivity index (χ3v) is 2.92. The molecule has 0 aliphatic carbocycles. The average Bonchev–Trinajstić information content (AvgIpc) is 2.28. The van der Waals surface area contributed by atoms with Crippen LogP contribution in [0.25, 0.3) is 0 Å². The van der Waals surface area contributed by atoms with Crippen LogP contribution >= 0.6 is 0 Å². The summed E-state index contributed by atoms with van der Waals surface area (Å²) in [6.07, 6.45) is 0.531. The van der Waals surface area contributed by atoms with Crippen LogP contribution in [0.15, 0.2) is 24.3 Å². The van der Waals surface area contributed by atoms with Crippen LogP contribution in [0.1, 0.15) is 26.3 Å². The largest absolute Gasteiger partial charge is 0.368 e. The van der Waals surface area contributed by atoms with Gasteiger partial charge in [0.1, 0.15) is 5.82 Å². The number of amides is 1. The van der Waals surface area contributed by atoms with Crippen molar-refractivity contribution >= 4 is 5.91 Å². The fourth-order valence-electron chi connectivity index (χ4n) is 1.96. The Hall–Kier alpha value is -1.42. The van der Waals surface area contributed by atoms with Gasteiger partial charge in [-0.3, -0.25) is 4.79 Å². The summed E-state index contributed by atoms with van der Waals surface area (Å²) in [4.78, 5) is 11.3. The molecular weight excluding hydrogens is 231 g/mol. The molecule has 1 rings (SSSR count). The molecule has 18 heavy (non-hydrogen) atoms. The van der Waals surface area contributed by atoms with Gasteiger partial charge in [0, 0.05) is 6.04 Å². The van der Waals surface area contributed by atoms with E-state index in [9.17, 15) is 9.18 Å². The van der Waals surface area contributed by atoms with Gasteiger partial charge in [0.25, 0.3) is 0 Å². The van der Waals surface area contributed by atoms with Gasteiger partial charge in [-0.05, 0) is 30.9 Å². The van der Waals surface area contributed by atoms with E-state index < -0.39 is 0 Å². The molecule has 0 radical (unpaired) electrons. The molecule has 1 aromatic rings. The smallest absolute Gasteiger partial charge is 0.234 e. The molecule has 2 unspecified atom stereocenters. The van der Waals surface area contributed by atoms with Crippen molar-refractivity contribution in [3.05, 3.63) is 35.6 Å². The average molecular weight is 252 g/mol. The predicted molar refractivity (Wildman–Crippen MR) is 70.5 cm³/mol. The Labute approximate surface area is 108 Å². The zero-order valence-electron chi connectivity index (χ0n) is 11.1. The van der Waals surface area contributed by atoms with Gasteiger partial charge in [-0.25, -0.2) is 4.39 Å². The van der Waals surface area contributed by atoms with Crippen molar-refractivity contribution in [2.24, 2.45) is 11.7 Å². The van der Waals surface area contributed by atoms with Crippen molar-refractivity contribution in [3.8, 4) is 0 Å². The lowest BCUT2D eigenvalue weighted by Gasteiger charge is -2.24. The molecule has 3 N–H and O–H groups in total. The van der Waals surface area contributed by atoms with E-state index in [1.54, 1.807) is 18.2 Å². The molecule has 0 aliphatic rings. The first-order chi connectivity index (χ1) is 8.41. The molecule has 0 saturated heterocycles. The topological polar surface area (TPSA) is 55.1 Å². The number of carbonyl (C=O) groups is 1. The molecule has 0 spiro atoms. The number of primary amides is 1. The van der Waals surface area contributed by atoms with Crippen molar-refractivity contribution in [2.45, 2.75) is 39.3 Å². The van der Waals surface area contributed by atoms with Crippen molar-refractivity contribution in [2.75, 3.05) is 0 Å². The Kier molecular flexibility index (Phi) is 5.28. The molecule has 0 aliphatic heterocycles. The van der Waals surface area contributed by atoms with Gasteiger partial charge in [0.05, 0.1) is 6.04 Å². The highest BCUT2D eigenvalue weighted by Crippen LogP contribution is 2.10. The Morgan fingerprint density at radius 1 is 1.33 bits per heavy atom. The van der Waals surface area contributed by atoms with E-state index in [1.165, 1.54) is 6.07 Å². The third kappa shape index (κ3) is 4.11. The Morgan fingerprint density at radius 2 is 1.94 bits per heavy atom. The summed E-state index contributed by atoms with van der Waals surface area (Å²) in [5, 5.41) is 3.15. The van der Waals surface area contributed by atoms with Gasteiger partial charge in [0.15, 0.2) is 0 Å². The Balaban J connectivity index is 2.63. The zero-order chi connectivity index (χ0) is 13.7. The molecule has 0 heterocycles. The van der Waals surface area contributed by atoms with Gasteiger partial charge in [-0.1, -0.05) is 32.0 Å². The molecule has 1 aromatic carbocycles. The summed E-state index contributed by atoms with van der Waals surface area (Å²) in [5.74, 6) is -0.470. The van der Waals surface area contributed by atoms with E-state index in [1.807, 2.05) is 20.8 Å². The van der Waals surface area contributed by atoms with E-state index in [-0.39, 0.29) is 29.7 Å². The maximum atomic E-state index is 13.5. The normalized spacial score (nSPS) is 14.5. The van der Waals surface area contributed by atoms with Crippen molar-refractivity contribution in [1.82, 2.24) is 5.32 Å². The van der Waals surface area contributed by atoms with Crippen LogP contribution in [0.4, 0.5) is 4.39 Å². The first-order valence-electron chi connectivity index (χ1n) is 6.20. The molecule has 0 saturated carbocycles. The summed E-state index contributed by atoms with van der Waals surface area (Å²) < 4.78 is 13.5. The fraction of sp³-hybridized carbons (Fsp3) is 0.500. The minimum Gasteiger partial charge on any atom is -0.368 e. The SMILES string of the molecule is CC(Cc1ccccc1F)NC(C(N)=O)C(C)C. The summed E-state index contributed by atoms with van der Waals surface area (Å²) >= 11 is 0. The van der Waals surface area contributed by atoms with Gasteiger partial charge >= 0.3 is 0 Å². The molecular formula is C14H21FN2O. The van der Waals surface area contributed by atoms with Crippen LogP contribution < -0.4 is 11.1 Å². The summed E-state index contributed by atoms with van der Waals surface area (Å²) in [6, 6.07) is 6.27. The second-order valence-electron chi connectivity index (χ2n) is 4.99. The highest BCUT2D eigenvalue weighted by atomic mass is 19.1. The van der Waals surface area contributed by atoms with Crippen LogP contribution in [-0.4, -0.2) is 18.0 Å². The molecule has 3 nitrogen and oxygen atoms in total. The van der Waals surface area contributed by atoms with E-state index in [4.69, 9.17) is 5.73 Å². The van der Waals surface area contributed by atoms with Crippen molar-refractivity contribution < 1.29 is 9.18 Å². The van der Waals surface area contributed by atoms with Gasteiger partial charge < -0.3 is 11.1 Å². The Bertz CT molecular complexity index is 407. The lowest BCUT2D eigenvalue weighted by Crippen LogP contribution is -2.49. The van der Waals surface area contributed by atoms with Gasteiger partial charge in [0.2, 0.25) is 5.91 Å². The molecule has 1 amide bonds. The number of rotatable bonds is 6. The van der Waals surface area contributed by atoms with E-state index in [0.29, 0.717) is 12.0 Å². The monoisotopic (exact) mass is 252 g/mol. The number of halogens is 1. The van der Waals surface area contributed by atoms with Crippen LogP contribution in [0.3, 0.4) is 0 Å². The van der Waals surface area contributed by atoms with E-state index in [0.717, 1.165) is 0 Å². The minimum absolute atomic E-state index is 0.0122. The maximum Gasteiger partial charge on any atom is 0.234 e. The standard InChI is InChI=1S/C14H21FN2O/c1-9(2)13(14(16)18)17-10(3)8-11-6-4-5-7-12(11)15/h4-7,9-10,13,17H,8H2,1-3H3,(H2,16,18). The highest BCUT2D eigenvalue weighted by Gasteiger charge is 2.21. The third-order valence-electron chi connectivity index (χ3n) is 2.92. The van der Waals surface area contributed by atoms with Crippen LogP contribution in [0.5, 0.6) is 0 Å². The number of hydrogen-bond donors (Lipinski definition) is 2. The zero-order valence-corrected chi connectivity index (χ0v) is 11.1. The van der Waals surface area contributed by atoms with E-state index in [2.05, 4.69) is 5.32 Å². The number of benzene rings is 1. The molecule has 2 atom stereocenters. The molecule has 4 heteroatoms. The molecule has 100 valence electrons. The fourth-order valence-corrected chi connectivity index (χ4v) is 1.96.